The number of hydrogen-bond donors (Lipinski definition) is 2. The first kappa shape index (κ1) is 43.2. The Kier molecular flexibility index (Phi) is 30.1. The zero-order valence-electron chi connectivity index (χ0n) is 22.3. The van der Waals surface area contributed by atoms with Crippen molar-refractivity contribution in [2.45, 2.75) is 14.9 Å². The second kappa shape index (κ2) is 30.7. The van der Waals surface area contributed by atoms with E-state index in [0.29, 0.717) is 35.4 Å². The first-order chi connectivity index (χ1) is 20.5. The number of benzene rings is 2. The number of ether oxygens (including phenoxy) is 6. The molecule has 0 aliphatic rings. The average molecular weight is 645 g/mol. The number of carbonyl (C=O) groups excluding carboxylic acids is 2. The smallest absolute Gasteiger partial charge is 0.188 e. The molecule has 0 radical (unpaired) electrons. The van der Waals surface area contributed by atoms with Crippen molar-refractivity contribution in [2.24, 2.45) is 56.9 Å². The molecule has 0 amide bonds. The van der Waals surface area contributed by atoms with Crippen LogP contribution >= 0.6 is 11.8 Å². The number of phenolic OH excluding ortho intramolecular Hbond substituents is 1. The van der Waals surface area contributed by atoms with E-state index in [9.17, 15) is 14.7 Å². The van der Waals surface area contributed by atoms with Crippen LogP contribution in [-0.2, 0) is 14.2 Å². The van der Waals surface area contributed by atoms with E-state index in [1.54, 1.807) is 30.3 Å². The molecule has 0 saturated heterocycles. The van der Waals surface area contributed by atoms with Crippen LogP contribution in [-0.4, -0.2) is 59.4 Å². The van der Waals surface area contributed by atoms with E-state index in [1.165, 1.54) is 27.4 Å². The Labute approximate surface area is 257 Å². The molecule has 2 aromatic rings. The number of nitrogens with zero attached hydrogens (tertiary/aromatic N) is 11. The van der Waals surface area contributed by atoms with Gasteiger partial charge in [-0.15, -0.1) is 0 Å². The summed E-state index contributed by atoms with van der Waals surface area (Å²) < 4.78 is 32.4. The van der Waals surface area contributed by atoms with Crippen LogP contribution in [0.2, 0.25) is 0 Å². The van der Waals surface area contributed by atoms with E-state index in [2.05, 4.69) is 61.6 Å². The van der Waals surface area contributed by atoms with Gasteiger partial charge >= 0.3 is 0 Å². The highest BCUT2D eigenvalue weighted by molar-refractivity contribution is 6.13. The maximum absolute atomic E-state index is 10.9. The fraction of sp³-hybridized carbons (Fsp3) is 0.364. The van der Waals surface area contributed by atoms with Gasteiger partial charge in [0, 0.05) is 21.3 Å². The molecule has 0 unspecified atom stereocenters. The van der Waals surface area contributed by atoms with Gasteiger partial charge < -0.3 is 33.5 Å². The van der Waals surface area contributed by atoms with Crippen molar-refractivity contribution < 1.29 is 43.1 Å². The van der Waals surface area contributed by atoms with Crippen molar-refractivity contribution in [1.29, 1.82) is 5.53 Å². The molecule has 2 N–H and O–H groups in total. The molecule has 21 nitrogen and oxygen atoms in total. The number of hydrogen-bond acceptors (Lipinski definition) is 11. The monoisotopic (exact) mass is 644 g/mol. The van der Waals surface area contributed by atoms with Crippen molar-refractivity contribution in [3.63, 3.8) is 0 Å². The second-order valence-corrected chi connectivity index (χ2v) is 6.38. The minimum absolute atomic E-state index is 0. The van der Waals surface area contributed by atoms with Crippen molar-refractivity contribution in [3.05, 3.63) is 47.5 Å². The summed E-state index contributed by atoms with van der Waals surface area (Å²) in [5, 5.41) is 37.8. The Morgan fingerprint density at radius 2 is 1.02 bits per heavy atom. The molecule has 0 fully saturated rings. The largest absolute Gasteiger partial charge is 0.507 e. The van der Waals surface area contributed by atoms with Gasteiger partial charge in [-0.25, -0.2) is 0 Å². The summed E-state index contributed by atoms with van der Waals surface area (Å²) in [6.45, 7) is 0.202. The van der Waals surface area contributed by atoms with Crippen molar-refractivity contribution in [2.75, 3.05) is 41.7 Å². The van der Waals surface area contributed by atoms with Crippen LogP contribution < -0.4 is 14.2 Å². The van der Waals surface area contributed by atoms with Gasteiger partial charge in [0.25, 0.3) is 0 Å². The van der Waals surface area contributed by atoms with Crippen LogP contribution in [0, 0.1) is 5.53 Å². The third-order valence-corrected chi connectivity index (χ3v) is 3.77. The molecule has 0 aliphatic heterocycles. The molecule has 0 heterocycles. The number of aldehydes is 2. The highest BCUT2D eigenvalue weighted by Crippen LogP contribution is 2.27. The molecule has 22 heteroatoms. The van der Waals surface area contributed by atoms with Crippen molar-refractivity contribution >= 4 is 24.3 Å². The number of phenols is 1. The van der Waals surface area contributed by atoms with E-state index in [0.717, 1.165) is 0 Å². The molecule has 0 aliphatic carbocycles. The molecule has 2 rings (SSSR count). The Balaban J connectivity index is -0.000000565. The molecular formula is C22H33ClN12O9. The molecule has 242 valence electrons. The topological polar surface area (TPSA) is 270 Å². The van der Waals surface area contributed by atoms with E-state index in [1.807, 2.05) is 0 Å². The number of carbonyl (C=O) groups is 2. The third kappa shape index (κ3) is 19.8. The molecule has 2 aromatic carbocycles. The Bertz CT molecular complexity index is 1190. The van der Waals surface area contributed by atoms with Gasteiger partial charge in [-0.1, -0.05) is 31.6 Å². The standard InChI is InChI=1S/C11H14O5.C9H10O4.2CH4.ClHN12/c1-13-7-15-10-4-3-5-11(9(10)6-12)16-8-14-2;1-12-6-13-9-4-2-3-8(11)7(9)5-10;;;1-3-5-7-9-11-13-12-10-8-6-4-2/h3-6H,7-8H2,1-2H3;2-5,11H,6H2,1H3;2*1H4;2H/b;;;;4-2?,5-3?,8-6+,9-7+,12-10+,13-11+. The summed E-state index contributed by atoms with van der Waals surface area (Å²) >= 11 is 4.73. The highest BCUT2D eigenvalue weighted by Gasteiger charge is 2.10. The number of halogens is 1. The predicted molar refractivity (Wildman–Crippen MR) is 152 cm³/mol. The zero-order valence-corrected chi connectivity index (χ0v) is 23.0. The Morgan fingerprint density at radius 1 is 0.659 bits per heavy atom. The minimum atomic E-state index is -0.0939. The molecule has 0 atom stereocenters. The highest BCUT2D eigenvalue weighted by atomic mass is 35.5. The lowest BCUT2D eigenvalue weighted by Crippen LogP contribution is -2.05. The first-order valence-electron chi connectivity index (χ1n) is 10.7. The van der Waals surface area contributed by atoms with E-state index < -0.39 is 0 Å². The molecule has 0 saturated carbocycles. The number of nitrogens with one attached hydrogen (secondary N) is 1. The zero-order chi connectivity index (χ0) is 31.3. The maximum atomic E-state index is 10.9. The van der Waals surface area contributed by atoms with Crippen LogP contribution in [0.4, 0.5) is 0 Å². The van der Waals surface area contributed by atoms with Crippen LogP contribution in [0.1, 0.15) is 35.6 Å². The quantitative estimate of drug-likeness (QED) is 0.0827. The normalized spacial score (nSPS) is 10.4. The first-order valence-corrected chi connectivity index (χ1v) is 11.1. The lowest BCUT2D eigenvalue weighted by molar-refractivity contribution is 0.0449. The van der Waals surface area contributed by atoms with Gasteiger partial charge in [0.2, 0.25) is 0 Å². The van der Waals surface area contributed by atoms with Crippen LogP contribution in [0.25, 0.3) is 0 Å². The van der Waals surface area contributed by atoms with Gasteiger partial charge in [0.1, 0.15) is 23.0 Å². The van der Waals surface area contributed by atoms with Gasteiger partial charge in [0.15, 0.2) is 33.0 Å². The summed E-state index contributed by atoms with van der Waals surface area (Å²) in [5.41, 5.74) is 6.62. The SMILES string of the molecule is C.C.COCOc1cccc(O)c1C=O.COCOc1cccc(OCOC)c1C=O.N=N/N=N/N=N/N=N/N=N/N=NCl. The fourth-order valence-electron chi connectivity index (χ4n) is 2.20. The fourth-order valence-corrected chi connectivity index (χ4v) is 2.23. The van der Waals surface area contributed by atoms with Crippen molar-refractivity contribution in [1.82, 2.24) is 0 Å². The predicted octanol–water partition coefficient (Wildman–Crippen LogP) is 6.93. The van der Waals surface area contributed by atoms with Crippen LogP contribution in [0.5, 0.6) is 23.0 Å². The third-order valence-electron chi connectivity index (χ3n) is 3.70. The molecule has 0 spiro atoms. The van der Waals surface area contributed by atoms with E-state index in [-0.39, 0.29) is 46.5 Å². The summed E-state index contributed by atoms with van der Waals surface area (Å²) in [7, 11) is 4.49. The molecule has 0 aromatic heterocycles. The average Bonchev–Trinajstić information content (AvgIpc) is 3.01. The van der Waals surface area contributed by atoms with E-state index >= 15 is 0 Å². The van der Waals surface area contributed by atoms with Crippen molar-refractivity contribution in [3.8, 4) is 23.0 Å². The Morgan fingerprint density at radius 3 is 1.39 bits per heavy atom. The number of methoxy groups -OCH3 is 3. The maximum Gasteiger partial charge on any atom is 0.188 e. The minimum Gasteiger partial charge on any atom is -0.507 e. The summed E-state index contributed by atoms with van der Waals surface area (Å²) in [6, 6.07) is 9.66. The number of aromatic hydroxyl groups is 1. The lowest BCUT2D eigenvalue weighted by Gasteiger charge is -2.11. The number of rotatable bonds is 16. The second-order valence-electron chi connectivity index (χ2n) is 6.23. The summed E-state index contributed by atoms with van der Waals surface area (Å²) in [5.74, 6) is 1.07. The molecular weight excluding hydrogens is 612 g/mol. The van der Waals surface area contributed by atoms with Gasteiger partial charge in [-0.2, -0.15) is 5.53 Å². The summed E-state index contributed by atoms with van der Waals surface area (Å²) in [4.78, 5) is 21.5. The van der Waals surface area contributed by atoms with Crippen LogP contribution in [0.15, 0.2) is 93.3 Å². The van der Waals surface area contributed by atoms with E-state index in [4.69, 9.17) is 41.0 Å². The van der Waals surface area contributed by atoms with Gasteiger partial charge in [-0.3, -0.25) is 9.59 Å². The van der Waals surface area contributed by atoms with Gasteiger partial charge in [0.05, 0.1) is 22.9 Å². The van der Waals surface area contributed by atoms with Gasteiger partial charge in [-0.05, 0) is 76.5 Å². The molecule has 44 heavy (non-hydrogen) atoms. The summed E-state index contributed by atoms with van der Waals surface area (Å²) in [6.07, 6.45) is 1.22. The lowest BCUT2D eigenvalue weighted by atomic mass is 10.2. The molecule has 0 bridgehead atoms. The van der Waals surface area contributed by atoms with Crippen LogP contribution in [0.3, 0.4) is 0 Å². The Hall–Kier alpha value is -5.25.